The number of nitrogens with one attached hydrogen (secondary N) is 1. The molecule has 0 bridgehead atoms. The first-order valence-electron chi connectivity index (χ1n) is 7.60. The minimum atomic E-state index is -0.437. The molecule has 2 rings (SSSR count). The van der Waals surface area contributed by atoms with E-state index in [0.717, 1.165) is 13.0 Å². The average molecular weight is 290 g/mol. The molecule has 1 aliphatic rings. The Kier molecular flexibility index (Phi) is 4.88. The number of amides is 1. The first-order valence-corrected chi connectivity index (χ1v) is 7.60. The normalized spacial score (nSPS) is 19.4. The molecular weight excluding hydrogens is 264 g/mol. The number of aryl methyl sites for hydroxylation is 1. The van der Waals surface area contributed by atoms with Crippen molar-refractivity contribution in [3.05, 3.63) is 35.4 Å². The van der Waals surface area contributed by atoms with Gasteiger partial charge in [0.15, 0.2) is 0 Å². The summed E-state index contributed by atoms with van der Waals surface area (Å²) in [5, 5.41) is 3.49. The Morgan fingerprint density at radius 3 is 2.86 bits per heavy atom. The van der Waals surface area contributed by atoms with Crippen LogP contribution in [0.5, 0.6) is 0 Å². The van der Waals surface area contributed by atoms with Crippen molar-refractivity contribution >= 4 is 6.09 Å². The molecule has 0 spiro atoms. The van der Waals surface area contributed by atoms with Crippen molar-refractivity contribution in [3.63, 3.8) is 0 Å². The molecule has 1 unspecified atom stereocenters. The monoisotopic (exact) mass is 290 g/mol. The van der Waals surface area contributed by atoms with Gasteiger partial charge in [-0.2, -0.15) is 0 Å². The molecule has 1 aromatic carbocycles. The van der Waals surface area contributed by atoms with Crippen LogP contribution in [0.3, 0.4) is 0 Å². The molecule has 1 aromatic rings. The number of ether oxygens (including phenoxy) is 1. The summed E-state index contributed by atoms with van der Waals surface area (Å²) in [5.41, 5.74) is 2.14. The molecule has 21 heavy (non-hydrogen) atoms. The molecular formula is C17H26N2O2. The number of benzene rings is 1. The highest BCUT2D eigenvalue weighted by Crippen LogP contribution is 2.13. The molecule has 1 atom stereocenters. The van der Waals surface area contributed by atoms with Crippen LogP contribution < -0.4 is 5.32 Å². The molecule has 4 heteroatoms. The van der Waals surface area contributed by atoms with Gasteiger partial charge in [0.05, 0.1) is 0 Å². The molecule has 1 aliphatic heterocycles. The third-order valence-corrected chi connectivity index (χ3v) is 3.47. The van der Waals surface area contributed by atoms with E-state index in [1.807, 2.05) is 25.7 Å². The summed E-state index contributed by atoms with van der Waals surface area (Å²) in [5.74, 6) is 0. The Balaban J connectivity index is 1.93. The molecule has 0 aliphatic carbocycles. The van der Waals surface area contributed by atoms with Crippen LogP contribution in [0, 0.1) is 6.92 Å². The fourth-order valence-electron chi connectivity index (χ4n) is 2.58. The number of hydrogen-bond donors (Lipinski definition) is 1. The fourth-order valence-corrected chi connectivity index (χ4v) is 2.58. The zero-order chi connectivity index (χ0) is 15.5. The average Bonchev–Trinajstić information content (AvgIpc) is 2.37. The van der Waals surface area contributed by atoms with Crippen LogP contribution >= 0.6 is 0 Å². The lowest BCUT2D eigenvalue weighted by Gasteiger charge is -2.35. The Labute approximate surface area is 127 Å². The molecule has 0 radical (unpaired) electrons. The summed E-state index contributed by atoms with van der Waals surface area (Å²) in [7, 11) is 0. The maximum absolute atomic E-state index is 12.1. The van der Waals surface area contributed by atoms with Crippen LogP contribution in [-0.4, -0.2) is 42.3 Å². The second kappa shape index (κ2) is 6.48. The molecule has 1 fully saturated rings. The van der Waals surface area contributed by atoms with Gasteiger partial charge in [-0.15, -0.1) is 0 Å². The summed E-state index contributed by atoms with van der Waals surface area (Å²) in [6, 6.07) is 8.81. The number of nitrogens with zero attached hydrogens (tertiary/aromatic N) is 1. The highest BCUT2D eigenvalue weighted by Gasteiger charge is 2.27. The first-order chi connectivity index (χ1) is 9.83. The number of carbonyl (C=O) groups excluding carboxylic acids is 1. The predicted molar refractivity (Wildman–Crippen MR) is 84.5 cm³/mol. The van der Waals surface area contributed by atoms with Gasteiger partial charge in [0.2, 0.25) is 0 Å². The van der Waals surface area contributed by atoms with Crippen molar-refractivity contribution in [1.29, 1.82) is 0 Å². The molecule has 1 amide bonds. The van der Waals surface area contributed by atoms with Crippen LogP contribution in [-0.2, 0) is 11.2 Å². The molecule has 0 aromatic heterocycles. The summed E-state index contributed by atoms with van der Waals surface area (Å²) < 4.78 is 5.45. The van der Waals surface area contributed by atoms with Gasteiger partial charge in [-0.1, -0.05) is 29.8 Å². The maximum Gasteiger partial charge on any atom is 0.410 e. The van der Waals surface area contributed by atoms with Crippen molar-refractivity contribution in [2.75, 3.05) is 19.6 Å². The van der Waals surface area contributed by atoms with Crippen molar-refractivity contribution < 1.29 is 9.53 Å². The molecule has 1 N–H and O–H groups in total. The van der Waals surface area contributed by atoms with Gasteiger partial charge in [0.1, 0.15) is 5.60 Å². The van der Waals surface area contributed by atoms with E-state index >= 15 is 0 Å². The van der Waals surface area contributed by atoms with Crippen LogP contribution in [0.4, 0.5) is 4.79 Å². The first kappa shape index (κ1) is 15.8. The van der Waals surface area contributed by atoms with E-state index in [2.05, 4.69) is 36.5 Å². The van der Waals surface area contributed by atoms with Gasteiger partial charge in [-0.25, -0.2) is 4.79 Å². The minimum Gasteiger partial charge on any atom is -0.444 e. The summed E-state index contributed by atoms with van der Waals surface area (Å²) in [4.78, 5) is 13.9. The minimum absolute atomic E-state index is 0.210. The predicted octanol–water partition coefficient (Wildman–Crippen LogP) is 2.75. The van der Waals surface area contributed by atoms with E-state index in [9.17, 15) is 4.79 Å². The Morgan fingerprint density at radius 2 is 2.19 bits per heavy atom. The molecule has 1 saturated heterocycles. The zero-order valence-corrected chi connectivity index (χ0v) is 13.5. The summed E-state index contributed by atoms with van der Waals surface area (Å²) in [6.45, 7) is 10.0. The quantitative estimate of drug-likeness (QED) is 0.910. The van der Waals surface area contributed by atoms with Gasteiger partial charge in [-0.05, 0) is 39.7 Å². The van der Waals surface area contributed by atoms with E-state index in [1.165, 1.54) is 11.1 Å². The van der Waals surface area contributed by atoms with Crippen molar-refractivity contribution in [2.24, 2.45) is 0 Å². The number of piperazine rings is 1. The number of carbonyl (C=O) groups is 1. The molecule has 0 saturated carbocycles. The molecule has 4 nitrogen and oxygen atoms in total. The van der Waals surface area contributed by atoms with E-state index in [1.54, 1.807) is 0 Å². The van der Waals surface area contributed by atoms with Gasteiger partial charge in [0.25, 0.3) is 0 Å². The SMILES string of the molecule is Cc1cccc(CC2CN(C(=O)OC(C)(C)C)CCN2)c1. The van der Waals surface area contributed by atoms with Crippen LogP contribution in [0.2, 0.25) is 0 Å². The lowest BCUT2D eigenvalue weighted by Crippen LogP contribution is -2.54. The Hall–Kier alpha value is -1.55. The van der Waals surface area contributed by atoms with Crippen LogP contribution in [0.25, 0.3) is 0 Å². The highest BCUT2D eigenvalue weighted by molar-refractivity contribution is 5.68. The zero-order valence-electron chi connectivity index (χ0n) is 13.5. The second-order valence-electron chi connectivity index (χ2n) is 6.77. The van der Waals surface area contributed by atoms with E-state index < -0.39 is 5.60 Å². The second-order valence-corrected chi connectivity index (χ2v) is 6.77. The summed E-state index contributed by atoms with van der Waals surface area (Å²) >= 11 is 0. The van der Waals surface area contributed by atoms with E-state index in [0.29, 0.717) is 13.1 Å². The van der Waals surface area contributed by atoms with Crippen molar-refractivity contribution in [3.8, 4) is 0 Å². The van der Waals surface area contributed by atoms with Crippen molar-refractivity contribution in [2.45, 2.75) is 45.8 Å². The lowest BCUT2D eigenvalue weighted by molar-refractivity contribution is 0.0195. The summed E-state index contributed by atoms with van der Waals surface area (Å²) in [6.07, 6.45) is 0.722. The fraction of sp³-hybridized carbons (Fsp3) is 0.588. The van der Waals surface area contributed by atoms with Gasteiger partial charge in [-0.3, -0.25) is 0 Å². The Morgan fingerprint density at radius 1 is 1.43 bits per heavy atom. The maximum atomic E-state index is 12.1. The largest absolute Gasteiger partial charge is 0.444 e. The van der Waals surface area contributed by atoms with Gasteiger partial charge in [0, 0.05) is 25.7 Å². The van der Waals surface area contributed by atoms with Crippen LogP contribution in [0.1, 0.15) is 31.9 Å². The number of rotatable bonds is 2. The smallest absolute Gasteiger partial charge is 0.410 e. The van der Waals surface area contributed by atoms with Crippen LogP contribution in [0.15, 0.2) is 24.3 Å². The highest BCUT2D eigenvalue weighted by atomic mass is 16.6. The van der Waals surface area contributed by atoms with E-state index in [-0.39, 0.29) is 12.1 Å². The van der Waals surface area contributed by atoms with Crippen molar-refractivity contribution in [1.82, 2.24) is 10.2 Å². The third-order valence-electron chi connectivity index (χ3n) is 3.47. The topological polar surface area (TPSA) is 41.6 Å². The number of hydrogen-bond acceptors (Lipinski definition) is 3. The van der Waals surface area contributed by atoms with Gasteiger partial charge >= 0.3 is 6.09 Å². The molecule has 116 valence electrons. The molecule has 1 heterocycles. The van der Waals surface area contributed by atoms with E-state index in [4.69, 9.17) is 4.74 Å². The Bertz CT molecular complexity index is 494. The standard InChI is InChI=1S/C17H26N2O2/c1-13-6-5-7-14(10-13)11-15-12-19(9-8-18-15)16(20)21-17(2,3)4/h5-7,10,15,18H,8-9,11-12H2,1-4H3. The lowest BCUT2D eigenvalue weighted by atomic mass is 10.0. The third kappa shape index (κ3) is 5.05. The van der Waals surface area contributed by atoms with Gasteiger partial charge < -0.3 is 15.0 Å².